The fourth-order valence-corrected chi connectivity index (χ4v) is 3.13. The normalized spacial score (nSPS) is 15.7. The number of hydrogen-bond acceptors (Lipinski definition) is 5. The van der Waals surface area contributed by atoms with Gasteiger partial charge in [-0.3, -0.25) is 9.59 Å². The second-order valence-corrected chi connectivity index (χ2v) is 6.98. The molecule has 164 valence electrons. The number of methoxy groups -OCH3 is 1. The van der Waals surface area contributed by atoms with E-state index in [9.17, 15) is 23.6 Å². The smallest absolute Gasteiger partial charge is 0.273 e. The minimum Gasteiger partial charge on any atom is -0.497 e. The third-order valence-corrected chi connectivity index (χ3v) is 4.96. The Labute approximate surface area is 183 Å². The Morgan fingerprint density at radius 3 is 2.59 bits per heavy atom. The van der Waals surface area contributed by atoms with Crippen molar-refractivity contribution in [3.63, 3.8) is 0 Å². The highest BCUT2D eigenvalue weighted by Gasteiger charge is 2.43. The molecule has 0 spiro atoms. The van der Waals surface area contributed by atoms with Crippen LogP contribution in [0, 0.1) is 17.2 Å². The maximum absolute atomic E-state index is 14.0. The van der Waals surface area contributed by atoms with Gasteiger partial charge in [0, 0.05) is 17.7 Å². The van der Waals surface area contributed by atoms with Crippen LogP contribution in [0.3, 0.4) is 0 Å². The van der Waals surface area contributed by atoms with Crippen LogP contribution in [0.1, 0.15) is 18.9 Å². The first-order valence-electron chi connectivity index (χ1n) is 9.67. The molecule has 1 aliphatic rings. The van der Waals surface area contributed by atoms with Gasteiger partial charge in [-0.1, -0.05) is 25.6 Å². The Hall–Kier alpha value is -4.06. The quantitative estimate of drug-likeness (QED) is 0.517. The van der Waals surface area contributed by atoms with E-state index in [0.717, 1.165) is 11.1 Å². The zero-order valence-electron chi connectivity index (χ0n) is 17.4. The molecule has 1 atom stereocenters. The largest absolute Gasteiger partial charge is 0.497 e. The SMILES string of the molecule is C=C(C#N)C1=NN(c2ccc(OC)cc2)C(=O)C1C(=O)Nc1cccc(C(F)(F)CC)c1. The Bertz CT molecular complexity index is 1140. The van der Waals surface area contributed by atoms with E-state index in [1.165, 1.54) is 32.2 Å². The third-order valence-electron chi connectivity index (χ3n) is 4.96. The van der Waals surface area contributed by atoms with Crippen molar-refractivity contribution in [1.29, 1.82) is 5.26 Å². The van der Waals surface area contributed by atoms with Crippen LogP contribution in [0.4, 0.5) is 20.2 Å². The number of carbonyl (C=O) groups is 2. The molecule has 0 radical (unpaired) electrons. The van der Waals surface area contributed by atoms with Crippen LogP contribution in [0.25, 0.3) is 0 Å². The lowest BCUT2D eigenvalue weighted by Gasteiger charge is -2.17. The van der Waals surface area contributed by atoms with Gasteiger partial charge in [-0.25, -0.2) is 8.78 Å². The highest BCUT2D eigenvalue weighted by molar-refractivity contribution is 6.33. The van der Waals surface area contributed by atoms with Crippen LogP contribution >= 0.6 is 0 Å². The van der Waals surface area contributed by atoms with E-state index in [4.69, 9.17) is 4.74 Å². The maximum atomic E-state index is 14.0. The number of nitriles is 1. The van der Waals surface area contributed by atoms with E-state index in [1.54, 1.807) is 30.3 Å². The molecule has 2 aromatic carbocycles. The number of rotatable bonds is 7. The zero-order valence-corrected chi connectivity index (χ0v) is 17.4. The standard InChI is InChI=1S/C23H20F2N4O3/c1-4-23(24,25)15-6-5-7-16(12-15)27-21(30)19-20(14(2)13-26)28-29(22(19)31)17-8-10-18(32-3)11-9-17/h5-12,19H,2,4H2,1,3H3,(H,27,30). The number of amides is 2. The summed E-state index contributed by atoms with van der Waals surface area (Å²) in [6.45, 7) is 4.93. The van der Waals surface area contributed by atoms with Crippen LogP contribution in [-0.2, 0) is 15.5 Å². The van der Waals surface area contributed by atoms with E-state index in [1.807, 2.05) is 0 Å². The van der Waals surface area contributed by atoms with E-state index in [2.05, 4.69) is 17.0 Å². The lowest BCUT2D eigenvalue weighted by Crippen LogP contribution is -2.37. The van der Waals surface area contributed by atoms with Crippen LogP contribution in [0.2, 0.25) is 0 Å². The average molecular weight is 438 g/mol. The topological polar surface area (TPSA) is 94.8 Å². The molecule has 1 heterocycles. The van der Waals surface area contributed by atoms with Crippen molar-refractivity contribution in [2.45, 2.75) is 19.3 Å². The summed E-state index contributed by atoms with van der Waals surface area (Å²) >= 11 is 0. The van der Waals surface area contributed by atoms with Crippen LogP contribution in [0.5, 0.6) is 5.75 Å². The molecule has 9 heteroatoms. The molecule has 2 amide bonds. The Balaban J connectivity index is 1.90. The summed E-state index contributed by atoms with van der Waals surface area (Å²) in [6.07, 6.45) is -0.402. The van der Waals surface area contributed by atoms with Gasteiger partial charge in [0.1, 0.15) is 17.5 Å². The Morgan fingerprint density at radius 2 is 2.00 bits per heavy atom. The van der Waals surface area contributed by atoms with Gasteiger partial charge in [0.15, 0.2) is 5.92 Å². The Morgan fingerprint density at radius 1 is 1.31 bits per heavy atom. The number of allylic oxidation sites excluding steroid dienone is 1. The summed E-state index contributed by atoms with van der Waals surface area (Å²) in [5.41, 5.74) is -0.0652. The van der Waals surface area contributed by atoms with Crippen molar-refractivity contribution < 1.29 is 23.1 Å². The molecule has 0 fully saturated rings. The molecule has 2 aromatic rings. The molecular weight excluding hydrogens is 418 g/mol. The van der Waals surface area contributed by atoms with Crippen molar-refractivity contribution in [2.24, 2.45) is 11.0 Å². The maximum Gasteiger partial charge on any atom is 0.273 e. The number of hydrazone groups is 1. The number of nitrogens with one attached hydrogen (secondary N) is 1. The molecule has 1 N–H and O–H groups in total. The minimum absolute atomic E-state index is 0.0956. The molecule has 0 bridgehead atoms. The number of hydrogen-bond donors (Lipinski definition) is 1. The number of alkyl halides is 2. The monoisotopic (exact) mass is 438 g/mol. The number of halogens is 2. The lowest BCUT2D eigenvalue weighted by atomic mass is 9.97. The van der Waals surface area contributed by atoms with Crippen molar-refractivity contribution in [2.75, 3.05) is 17.4 Å². The van der Waals surface area contributed by atoms with Gasteiger partial charge >= 0.3 is 0 Å². The summed E-state index contributed by atoms with van der Waals surface area (Å²) in [7, 11) is 1.49. The van der Waals surface area contributed by atoms with Crippen LogP contribution in [-0.4, -0.2) is 24.6 Å². The predicted molar refractivity (Wildman–Crippen MR) is 115 cm³/mol. The van der Waals surface area contributed by atoms with Crippen LogP contribution < -0.4 is 15.1 Å². The zero-order chi connectivity index (χ0) is 23.5. The van der Waals surface area contributed by atoms with Crippen molar-refractivity contribution in [1.82, 2.24) is 0 Å². The molecule has 3 rings (SSSR count). The minimum atomic E-state index is -3.06. The number of benzene rings is 2. The summed E-state index contributed by atoms with van der Waals surface area (Å²) in [5, 5.41) is 16.9. The predicted octanol–water partition coefficient (Wildman–Crippen LogP) is 4.23. The first kappa shape index (κ1) is 22.6. The van der Waals surface area contributed by atoms with Gasteiger partial charge in [0.2, 0.25) is 5.91 Å². The molecule has 0 saturated heterocycles. The summed E-state index contributed by atoms with van der Waals surface area (Å²) in [5.74, 6) is -5.47. The number of ether oxygens (including phenoxy) is 1. The van der Waals surface area contributed by atoms with Gasteiger partial charge in [-0.2, -0.15) is 15.4 Å². The lowest BCUT2D eigenvalue weighted by molar-refractivity contribution is -0.127. The highest BCUT2D eigenvalue weighted by Crippen LogP contribution is 2.33. The number of anilines is 2. The van der Waals surface area contributed by atoms with E-state index < -0.39 is 30.1 Å². The van der Waals surface area contributed by atoms with Crippen molar-refractivity contribution >= 4 is 28.9 Å². The molecule has 1 unspecified atom stereocenters. The summed E-state index contributed by atoms with van der Waals surface area (Å²) < 4.78 is 33.1. The Kier molecular flexibility index (Phi) is 6.35. The number of nitrogens with zero attached hydrogens (tertiary/aromatic N) is 3. The van der Waals surface area contributed by atoms with Crippen LogP contribution in [0.15, 0.2) is 65.8 Å². The molecule has 32 heavy (non-hydrogen) atoms. The summed E-state index contributed by atoms with van der Waals surface area (Å²) in [4.78, 5) is 26.0. The van der Waals surface area contributed by atoms with Gasteiger partial charge < -0.3 is 10.1 Å². The fraction of sp³-hybridized carbons (Fsp3) is 0.217. The van der Waals surface area contributed by atoms with E-state index in [-0.39, 0.29) is 22.5 Å². The van der Waals surface area contributed by atoms with Gasteiger partial charge in [0.25, 0.3) is 11.8 Å². The molecular formula is C23H20F2N4O3. The van der Waals surface area contributed by atoms with E-state index >= 15 is 0 Å². The molecule has 7 nitrogen and oxygen atoms in total. The second kappa shape index (κ2) is 8.98. The highest BCUT2D eigenvalue weighted by atomic mass is 19.3. The average Bonchev–Trinajstić information content (AvgIpc) is 3.15. The molecule has 1 aliphatic heterocycles. The van der Waals surface area contributed by atoms with Gasteiger partial charge in [-0.15, -0.1) is 0 Å². The molecule has 0 aromatic heterocycles. The fourth-order valence-electron chi connectivity index (χ4n) is 3.13. The first-order valence-corrected chi connectivity index (χ1v) is 9.67. The van der Waals surface area contributed by atoms with Gasteiger partial charge in [-0.05, 0) is 36.4 Å². The first-order chi connectivity index (χ1) is 15.2. The van der Waals surface area contributed by atoms with Crippen molar-refractivity contribution in [3.8, 4) is 11.8 Å². The van der Waals surface area contributed by atoms with Gasteiger partial charge in [0.05, 0.1) is 18.4 Å². The van der Waals surface area contributed by atoms with Crippen molar-refractivity contribution in [3.05, 3.63) is 66.2 Å². The summed E-state index contributed by atoms with van der Waals surface area (Å²) in [6, 6.07) is 13.4. The molecule has 0 aliphatic carbocycles. The third kappa shape index (κ3) is 4.34. The molecule has 0 saturated carbocycles. The second-order valence-electron chi connectivity index (χ2n) is 6.98. The van der Waals surface area contributed by atoms with E-state index in [0.29, 0.717) is 11.4 Å². The number of carbonyl (C=O) groups excluding carboxylic acids is 2.